The highest BCUT2D eigenvalue weighted by Gasteiger charge is 2.29. The second kappa shape index (κ2) is 5.88. The summed E-state index contributed by atoms with van der Waals surface area (Å²) in [7, 11) is 0. The summed E-state index contributed by atoms with van der Waals surface area (Å²) < 4.78 is 19.4. The molecule has 0 aliphatic carbocycles. The van der Waals surface area contributed by atoms with Crippen LogP contribution in [0.4, 0.5) is 4.39 Å². The third-order valence-corrected chi connectivity index (χ3v) is 4.01. The van der Waals surface area contributed by atoms with Gasteiger partial charge >= 0.3 is 5.97 Å². The third-order valence-electron chi connectivity index (χ3n) is 4.01. The average molecular weight is 304 g/mol. The van der Waals surface area contributed by atoms with Crippen LogP contribution in [-0.2, 0) is 6.54 Å². The molecule has 2 aromatic rings. The minimum atomic E-state index is -1.12. The number of halogens is 1. The molecule has 0 amide bonds. The molecule has 0 spiro atoms. The first-order chi connectivity index (χ1) is 10.5. The van der Waals surface area contributed by atoms with Crippen molar-refractivity contribution in [1.82, 2.24) is 10.1 Å². The highest BCUT2D eigenvalue weighted by molar-refractivity contribution is 5.87. The number of hydrogen-bond donors (Lipinski definition) is 1. The number of aryl methyl sites for hydroxylation is 1. The molecule has 2 heterocycles. The number of carboxylic acid groups (broad SMARTS) is 1. The lowest BCUT2D eigenvalue weighted by atomic mass is 10.1. The van der Waals surface area contributed by atoms with E-state index >= 15 is 0 Å². The van der Waals surface area contributed by atoms with E-state index in [4.69, 9.17) is 9.63 Å². The van der Waals surface area contributed by atoms with Crippen molar-refractivity contribution in [2.24, 2.45) is 0 Å². The smallest absolute Gasteiger partial charge is 0.335 e. The van der Waals surface area contributed by atoms with Gasteiger partial charge in [-0.3, -0.25) is 4.90 Å². The highest BCUT2D eigenvalue weighted by atomic mass is 19.1. The lowest BCUT2D eigenvalue weighted by molar-refractivity contribution is 0.0696. The highest BCUT2D eigenvalue weighted by Crippen LogP contribution is 2.33. The maximum Gasteiger partial charge on any atom is 0.335 e. The molecule has 1 aliphatic heterocycles. The molecule has 1 aromatic heterocycles. The van der Waals surface area contributed by atoms with E-state index < -0.39 is 11.8 Å². The maximum atomic E-state index is 14.1. The number of hydrogen-bond acceptors (Lipinski definition) is 4. The molecule has 1 N–H and O–H groups in total. The number of rotatable bonds is 4. The maximum absolute atomic E-state index is 14.1. The SMILES string of the molecule is Cc1cc(C2CCCN2Cc2ccc(C(=O)O)cc2F)on1. The van der Waals surface area contributed by atoms with Crippen molar-refractivity contribution in [3.63, 3.8) is 0 Å². The molecule has 0 saturated carbocycles. The molecule has 0 bridgehead atoms. The van der Waals surface area contributed by atoms with Crippen molar-refractivity contribution in [3.8, 4) is 0 Å². The number of carbonyl (C=O) groups is 1. The summed E-state index contributed by atoms with van der Waals surface area (Å²) >= 11 is 0. The van der Waals surface area contributed by atoms with Gasteiger partial charge in [0.1, 0.15) is 5.82 Å². The Balaban J connectivity index is 1.78. The molecular formula is C16H17FN2O3. The van der Waals surface area contributed by atoms with E-state index in [9.17, 15) is 9.18 Å². The van der Waals surface area contributed by atoms with Gasteiger partial charge in [-0.15, -0.1) is 0 Å². The van der Waals surface area contributed by atoms with Crippen molar-refractivity contribution >= 4 is 5.97 Å². The summed E-state index contributed by atoms with van der Waals surface area (Å²) in [5.41, 5.74) is 1.29. The molecule has 6 heteroatoms. The third kappa shape index (κ3) is 2.87. The van der Waals surface area contributed by atoms with Crippen molar-refractivity contribution in [2.45, 2.75) is 32.4 Å². The fourth-order valence-corrected chi connectivity index (χ4v) is 2.91. The second-order valence-corrected chi connectivity index (χ2v) is 5.61. The van der Waals surface area contributed by atoms with Crippen molar-refractivity contribution < 1.29 is 18.8 Å². The van der Waals surface area contributed by atoms with Gasteiger partial charge in [-0.2, -0.15) is 0 Å². The molecule has 1 aromatic carbocycles. The largest absolute Gasteiger partial charge is 0.478 e. The lowest BCUT2D eigenvalue weighted by Gasteiger charge is -2.22. The Morgan fingerprint density at radius 2 is 2.32 bits per heavy atom. The van der Waals surface area contributed by atoms with Crippen molar-refractivity contribution in [3.05, 3.63) is 52.7 Å². The van der Waals surface area contributed by atoms with E-state index in [-0.39, 0.29) is 11.6 Å². The van der Waals surface area contributed by atoms with Crippen LogP contribution in [0.1, 0.15) is 46.3 Å². The number of aromatic nitrogens is 1. The van der Waals surface area contributed by atoms with E-state index in [2.05, 4.69) is 10.1 Å². The van der Waals surface area contributed by atoms with E-state index in [0.29, 0.717) is 12.1 Å². The summed E-state index contributed by atoms with van der Waals surface area (Å²) in [6.45, 7) is 3.15. The second-order valence-electron chi connectivity index (χ2n) is 5.61. The predicted octanol–water partition coefficient (Wildman–Crippen LogP) is 3.16. The Morgan fingerprint density at radius 1 is 1.50 bits per heavy atom. The molecule has 22 heavy (non-hydrogen) atoms. The van der Waals surface area contributed by atoms with E-state index in [1.54, 1.807) is 6.07 Å². The van der Waals surface area contributed by atoms with Crippen LogP contribution in [0.2, 0.25) is 0 Å². The fourth-order valence-electron chi connectivity index (χ4n) is 2.91. The zero-order chi connectivity index (χ0) is 15.7. The fraction of sp³-hybridized carbons (Fsp3) is 0.375. The molecule has 0 radical (unpaired) electrons. The summed E-state index contributed by atoms with van der Waals surface area (Å²) in [5, 5.41) is 12.8. The first-order valence-electron chi connectivity index (χ1n) is 7.23. The number of benzene rings is 1. The first-order valence-corrected chi connectivity index (χ1v) is 7.23. The molecule has 1 fully saturated rings. The van der Waals surface area contributed by atoms with Crippen LogP contribution < -0.4 is 0 Å². The van der Waals surface area contributed by atoms with Crippen LogP contribution in [0.3, 0.4) is 0 Å². The van der Waals surface area contributed by atoms with Gasteiger partial charge < -0.3 is 9.63 Å². The quantitative estimate of drug-likeness (QED) is 0.940. The molecular weight excluding hydrogens is 287 g/mol. The average Bonchev–Trinajstić information content (AvgIpc) is 3.09. The van der Waals surface area contributed by atoms with Gasteiger partial charge in [0.05, 0.1) is 17.3 Å². The molecule has 1 saturated heterocycles. The topological polar surface area (TPSA) is 66.6 Å². The molecule has 5 nitrogen and oxygen atoms in total. The Hall–Kier alpha value is -2.21. The van der Waals surface area contributed by atoms with Gasteiger partial charge in [0.25, 0.3) is 0 Å². The van der Waals surface area contributed by atoms with E-state index in [0.717, 1.165) is 36.9 Å². The van der Waals surface area contributed by atoms with Crippen LogP contribution in [0.5, 0.6) is 0 Å². The number of carboxylic acids is 1. The van der Waals surface area contributed by atoms with Crippen molar-refractivity contribution in [2.75, 3.05) is 6.54 Å². The van der Waals surface area contributed by atoms with Crippen LogP contribution in [0, 0.1) is 12.7 Å². The van der Waals surface area contributed by atoms with Gasteiger partial charge in [0.2, 0.25) is 0 Å². The van der Waals surface area contributed by atoms with Crippen LogP contribution in [0.25, 0.3) is 0 Å². The monoisotopic (exact) mass is 304 g/mol. The van der Waals surface area contributed by atoms with E-state index in [1.807, 2.05) is 13.0 Å². The predicted molar refractivity (Wildman–Crippen MR) is 77.0 cm³/mol. The van der Waals surface area contributed by atoms with Crippen LogP contribution in [-0.4, -0.2) is 27.7 Å². The van der Waals surface area contributed by atoms with Crippen LogP contribution in [0.15, 0.2) is 28.8 Å². The van der Waals surface area contributed by atoms with E-state index in [1.165, 1.54) is 6.07 Å². The molecule has 1 unspecified atom stereocenters. The Bertz CT molecular complexity index is 698. The summed E-state index contributed by atoms with van der Waals surface area (Å²) in [5.74, 6) is -0.807. The van der Waals surface area contributed by atoms with Gasteiger partial charge in [0, 0.05) is 18.2 Å². The van der Waals surface area contributed by atoms with Gasteiger partial charge in [-0.05, 0) is 38.4 Å². The van der Waals surface area contributed by atoms with Gasteiger partial charge in [-0.1, -0.05) is 11.2 Å². The molecule has 3 rings (SSSR count). The normalized spacial score (nSPS) is 18.7. The molecule has 116 valence electrons. The number of likely N-dealkylation sites (tertiary alicyclic amines) is 1. The Labute approximate surface area is 127 Å². The number of aromatic carboxylic acids is 1. The van der Waals surface area contributed by atoms with Crippen molar-refractivity contribution in [1.29, 1.82) is 0 Å². The Kier molecular flexibility index (Phi) is 3.94. The number of nitrogens with zero attached hydrogens (tertiary/aromatic N) is 2. The standard InChI is InChI=1S/C16H17FN2O3/c1-10-7-15(22-18-10)14-3-2-6-19(14)9-12-5-4-11(16(20)21)8-13(12)17/h4-5,7-8,14H,2-3,6,9H2,1H3,(H,20,21). The first kappa shape index (κ1) is 14.7. The summed E-state index contributed by atoms with van der Waals surface area (Å²) in [6.07, 6.45) is 1.96. The molecule has 1 aliphatic rings. The summed E-state index contributed by atoms with van der Waals surface area (Å²) in [6, 6.07) is 6.05. The Morgan fingerprint density at radius 3 is 2.95 bits per heavy atom. The zero-order valence-corrected chi connectivity index (χ0v) is 12.3. The van der Waals surface area contributed by atoms with Gasteiger partial charge in [0.15, 0.2) is 5.76 Å². The lowest BCUT2D eigenvalue weighted by Crippen LogP contribution is -2.23. The van der Waals surface area contributed by atoms with Gasteiger partial charge in [-0.25, -0.2) is 9.18 Å². The molecule has 1 atom stereocenters. The summed E-state index contributed by atoms with van der Waals surface area (Å²) in [4.78, 5) is 13.0. The zero-order valence-electron chi connectivity index (χ0n) is 12.3. The minimum absolute atomic E-state index is 0.0370. The van der Waals surface area contributed by atoms with Crippen LogP contribution >= 0.6 is 0 Å². The minimum Gasteiger partial charge on any atom is -0.478 e.